The molecule has 0 fully saturated rings. The summed E-state index contributed by atoms with van der Waals surface area (Å²) in [6.45, 7) is 2.01. The van der Waals surface area contributed by atoms with Gasteiger partial charge < -0.3 is 15.2 Å². The standard InChI is InChI=1S/C25H19NO3/c1-14-16(19-13-21(27)18-10-6-5-9-17(18)19)11-12-20-22(14)23(24(26-20)25(28)29)15-7-3-2-4-8-15/h2-13,21,26-27H,1H3,(H,28,29). The third-order valence-electron chi connectivity index (χ3n) is 5.69. The Balaban J connectivity index is 1.81. The summed E-state index contributed by atoms with van der Waals surface area (Å²) in [4.78, 5) is 15.0. The van der Waals surface area contributed by atoms with E-state index in [2.05, 4.69) is 4.98 Å². The molecule has 1 aliphatic carbocycles. The lowest BCUT2D eigenvalue weighted by molar-refractivity contribution is 0.0692. The first-order valence-electron chi connectivity index (χ1n) is 9.50. The van der Waals surface area contributed by atoms with E-state index in [-0.39, 0.29) is 5.69 Å². The summed E-state index contributed by atoms with van der Waals surface area (Å²) in [5, 5.41) is 21.1. The van der Waals surface area contributed by atoms with Crippen LogP contribution in [0.15, 0.2) is 72.8 Å². The van der Waals surface area contributed by atoms with Gasteiger partial charge in [-0.25, -0.2) is 4.79 Å². The van der Waals surface area contributed by atoms with E-state index >= 15 is 0 Å². The normalized spacial score (nSPS) is 15.4. The highest BCUT2D eigenvalue weighted by Crippen LogP contribution is 2.42. The fourth-order valence-electron chi connectivity index (χ4n) is 4.38. The summed E-state index contributed by atoms with van der Waals surface area (Å²) in [7, 11) is 0. The molecule has 4 aromatic rings. The van der Waals surface area contributed by atoms with Crippen LogP contribution < -0.4 is 0 Å². The number of fused-ring (bicyclic) bond motifs is 2. The summed E-state index contributed by atoms with van der Waals surface area (Å²) in [6, 6.07) is 21.3. The van der Waals surface area contributed by atoms with Gasteiger partial charge in [-0.1, -0.05) is 60.7 Å². The minimum absolute atomic E-state index is 0.187. The minimum atomic E-state index is -0.984. The predicted molar refractivity (Wildman–Crippen MR) is 114 cm³/mol. The van der Waals surface area contributed by atoms with Gasteiger partial charge in [-0.05, 0) is 52.5 Å². The molecule has 0 spiro atoms. The van der Waals surface area contributed by atoms with E-state index in [0.29, 0.717) is 5.56 Å². The molecule has 0 saturated carbocycles. The number of benzene rings is 3. The summed E-state index contributed by atoms with van der Waals surface area (Å²) >= 11 is 0. The van der Waals surface area contributed by atoms with Crippen molar-refractivity contribution < 1.29 is 15.0 Å². The Kier molecular flexibility index (Phi) is 3.89. The Morgan fingerprint density at radius 2 is 1.66 bits per heavy atom. The van der Waals surface area contributed by atoms with Crippen LogP contribution in [0.25, 0.3) is 27.6 Å². The van der Waals surface area contributed by atoms with Crippen molar-refractivity contribution in [2.75, 3.05) is 0 Å². The highest BCUT2D eigenvalue weighted by molar-refractivity contribution is 6.10. The number of aromatic carboxylic acids is 1. The molecule has 3 aromatic carbocycles. The third kappa shape index (κ3) is 2.61. The molecule has 1 aromatic heterocycles. The number of hydrogen-bond acceptors (Lipinski definition) is 2. The molecule has 5 rings (SSSR count). The van der Waals surface area contributed by atoms with Crippen molar-refractivity contribution in [2.45, 2.75) is 13.0 Å². The number of carbonyl (C=O) groups is 1. The van der Waals surface area contributed by atoms with Crippen LogP contribution in [0.4, 0.5) is 0 Å². The highest BCUT2D eigenvalue weighted by Gasteiger charge is 2.26. The molecule has 0 saturated heterocycles. The fourth-order valence-corrected chi connectivity index (χ4v) is 4.38. The number of carboxylic acid groups (broad SMARTS) is 1. The molecule has 1 heterocycles. The van der Waals surface area contributed by atoms with Crippen molar-refractivity contribution in [1.29, 1.82) is 0 Å². The molecule has 1 unspecified atom stereocenters. The van der Waals surface area contributed by atoms with Gasteiger partial charge in [-0.3, -0.25) is 0 Å². The lowest BCUT2D eigenvalue weighted by atomic mass is 9.91. The van der Waals surface area contributed by atoms with Crippen LogP contribution >= 0.6 is 0 Å². The summed E-state index contributed by atoms with van der Waals surface area (Å²) in [5.41, 5.74) is 7.39. The van der Waals surface area contributed by atoms with Crippen LogP contribution in [-0.2, 0) is 0 Å². The van der Waals surface area contributed by atoms with Gasteiger partial charge in [0.1, 0.15) is 5.69 Å². The van der Waals surface area contributed by atoms with Gasteiger partial charge in [0.05, 0.1) is 6.10 Å². The van der Waals surface area contributed by atoms with Gasteiger partial charge in [0, 0.05) is 16.5 Å². The molecule has 3 N–H and O–H groups in total. The van der Waals surface area contributed by atoms with Crippen LogP contribution in [0.5, 0.6) is 0 Å². The van der Waals surface area contributed by atoms with Gasteiger partial charge in [-0.2, -0.15) is 0 Å². The van der Waals surface area contributed by atoms with E-state index in [1.165, 1.54) is 0 Å². The maximum atomic E-state index is 11.9. The molecule has 4 nitrogen and oxygen atoms in total. The van der Waals surface area contributed by atoms with E-state index in [0.717, 1.165) is 44.3 Å². The smallest absolute Gasteiger partial charge is 0.352 e. The van der Waals surface area contributed by atoms with Crippen molar-refractivity contribution >= 4 is 22.4 Å². The number of hydrogen-bond donors (Lipinski definition) is 3. The number of nitrogens with one attached hydrogen (secondary N) is 1. The molecule has 142 valence electrons. The van der Waals surface area contributed by atoms with Crippen LogP contribution in [0.1, 0.15) is 38.8 Å². The molecule has 1 aliphatic rings. The summed E-state index contributed by atoms with van der Waals surface area (Å²) < 4.78 is 0. The Labute approximate surface area is 167 Å². The SMILES string of the molecule is Cc1c(C2=CC(O)c3ccccc32)ccc2[nH]c(C(=O)O)c(-c3ccccc3)c12. The van der Waals surface area contributed by atoms with Crippen LogP contribution in [-0.4, -0.2) is 21.2 Å². The average molecular weight is 381 g/mol. The first-order chi connectivity index (χ1) is 14.1. The molecule has 0 amide bonds. The van der Waals surface area contributed by atoms with E-state index in [4.69, 9.17) is 0 Å². The molecule has 1 atom stereocenters. The number of rotatable bonds is 3. The first kappa shape index (κ1) is 17.5. The van der Waals surface area contributed by atoms with Crippen LogP contribution in [0, 0.1) is 6.92 Å². The first-order valence-corrected chi connectivity index (χ1v) is 9.50. The number of aromatic nitrogens is 1. The summed E-state index contributed by atoms with van der Waals surface area (Å²) in [5.74, 6) is -0.984. The third-order valence-corrected chi connectivity index (χ3v) is 5.69. The molecular formula is C25H19NO3. The Bertz CT molecular complexity index is 1300. The Morgan fingerprint density at radius 1 is 0.931 bits per heavy atom. The quantitative estimate of drug-likeness (QED) is 0.450. The second kappa shape index (κ2) is 6.47. The molecule has 0 aliphatic heterocycles. The van der Waals surface area contributed by atoms with Gasteiger partial charge in [0.25, 0.3) is 0 Å². The van der Waals surface area contributed by atoms with E-state index in [1.54, 1.807) is 0 Å². The number of aromatic amines is 1. The summed E-state index contributed by atoms with van der Waals surface area (Å²) in [6.07, 6.45) is 1.23. The lowest BCUT2D eigenvalue weighted by Crippen LogP contribution is -1.98. The average Bonchev–Trinajstić information content (AvgIpc) is 3.29. The largest absolute Gasteiger partial charge is 0.477 e. The number of aliphatic hydroxyl groups is 1. The number of carboxylic acids is 1. The molecule has 0 bridgehead atoms. The highest BCUT2D eigenvalue weighted by atomic mass is 16.4. The maximum absolute atomic E-state index is 11.9. The molecule has 29 heavy (non-hydrogen) atoms. The number of aryl methyl sites for hydroxylation is 1. The van der Waals surface area contributed by atoms with Crippen molar-refractivity contribution in [3.05, 3.63) is 101 Å². The van der Waals surface area contributed by atoms with Gasteiger partial charge in [0.2, 0.25) is 0 Å². The fraction of sp³-hybridized carbons (Fsp3) is 0.0800. The number of aliphatic hydroxyl groups excluding tert-OH is 1. The van der Waals surface area contributed by atoms with E-state index < -0.39 is 12.1 Å². The zero-order valence-electron chi connectivity index (χ0n) is 15.8. The molecule has 0 radical (unpaired) electrons. The maximum Gasteiger partial charge on any atom is 0.352 e. The Hall–Kier alpha value is -3.63. The van der Waals surface area contributed by atoms with Crippen molar-refractivity contribution in [1.82, 2.24) is 4.98 Å². The number of H-pyrrole nitrogens is 1. The van der Waals surface area contributed by atoms with Crippen molar-refractivity contribution in [2.24, 2.45) is 0 Å². The minimum Gasteiger partial charge on any atom is -0.477 e. The predicted octanol–water partition coefficient (Wildman–Crippen LogP) is 5.32. The van der Waals surface area contributed by atoms with Gasteiger partial charge in [-0.15, -0.1) is 0 Å². The van der Waals surface area contributed by atoms with Crippen molar-refractivity contribution in [3.8, 4) is 11.1 Å². The molecular weight excluding hydrogens is 362 g/mol. The Morgan fingerprint density at radius 3 is 2.41 bits per heavy atom. The molecule has 4 heteroatoms. The van der Waals surface area contributed by atoms with Crippen LogP contribution in [0.2, 0.25) is 0 Å². The van der Waals surface area contributed by atoms with Gasteiger partial charge in [0.15, 0.2) is 0 Å². The van der Waals surface area contributed by atoms with Crippen molar-refractivity contribution in [3.63, 3.8) is 0 Å². The van der Waals surface area contributed by atoms with Gasteiger partial charge >= 0.3 is 5.97 Å². The topological polar surface area (TPSA) is 73.3 Å². The van der Waals surface area contributed by atoms with Crippen LogP contribution in [0.3, 0.4) is 0 Å². The van der Waals surface area contributed by atoms with E-state index in [9.17, 15) is 15.0 Å². The zero-order chi connectivity index (χ0) is 20.1. The zero-order valence-corrected chi connectivity index (χ0v) is 15.8. The lowest BCUT2D eigenvalue weighted by Gasteiger charge is -2.12. The monoisotopic (exact) mass is 381 g/mol. The second-order valence-corrected chi connectivity index (χ2v) is 7.32. The second-order valence-electron chi connectivity index (χ2n) is 7.32. The van der Waals surface area contributed by atoms with E-state index in [1.807, 2.05) is 79.7 Å².